The molecule has 1 amide bonds. The Morgan fingerprint density at radius 2 is 1.89 bits per heavy atom. The van der Waals surface area contributed by atoms with Gasteiger partial charge in [-0.05, 0) is 48.8 Å². The van der Waals surface area contributed by atoms with E-state index in [0.717, 1.165) is 18.4 Å². The Hall–Kier alpha value is -1.35. The lowest BCUT2D eigenvalue weighted by Gasteiger charge is -2.32. The van der Waals surface area contributed by atoms with Crippen LogP contribution in [0.4, 0.5) is 0 Å². The van der Waals surface area contributed by atoms with Gasteiger partial charge in [0.2, 0.25) is 5.91 Å². The van der Waals surface area contributed by atoms with E-state index in [2.05, 4.69) is 19.2 Å². The van der Waals surface area contributed by atoms with Gasteiger partial charge >= 0.3 is 0 Å². The minimum absolute atomic E-state index is 0.366. The highest BCUT2D eigenvalue weighted by Crippen LogP contribution is 2.29. The van der Waals surface area contributed by atoms with Crippen molar-refractivity contribution in [1.29, 1.82) is 0 Å². The van der Waals surface area contributed by atoms with Crippen molar-refractivity contribution in [2.75, 3.05) is 0 Å². The van der Waals surface area contributed by atoms with Crippen molar-refractivity contribution in [2.45, 2.75) is 45.7 Å². The number of hydrogen-bond acceptors (Lipinski definition) is 2. The molecule has 2 rings (SSSR count). The molecule has 19 heavy (non-hydrogen) atoms. The molecular formula is C16H24N2O. The molecule has 1 aromatic rings. The fourth-order valence-corrected chi connectivity index (χ4v) is 2.78. The van der Waals surface area contributed by atoms with Gasteiger partial charge in [0.15, 0.2) is 0 Å². The van der Waals surface area contributed by atoms with Crippen LogP contribution in [-0.2, 0) is 6.54 Å². The number of hydrogen-bond donors (Lipinski definition) is 2. The molecule has 1 aliphatic carbocycles. The summed E-state index contributed by atoms with van der Waals surface area (Å²) in [5.74, 6) is 1.30. The van der Waals surface area contributed by atoms with Crippen LogP contribution < -0.4 is 11.1 Å². The lowest BCUT2D eigenvalue weighted by molar-refractivity contribution is 0.100. The van der Waals surface area contributed by atoms with Crippen LogP contribution in [-0.4, -0.2) is 11.9 Å². The third-order valence-corrected chi connectivity index (χ3v) is 4.43. The van der Waals surface area contributed by atoms with E-state index in [1.54, 1.807) is 12.1 Å². The molecule has 104 valence electrons. The molecule has 0 saturated heterocycles. The highest BCUT2D eigenvalue weighted by molar-refractivity contribution is 5.92. The van der Waals surface area contributed by atoms with Crippen molar-refractivity contribution < 1.29 is 4.79 Å². The van der Waals surface area contributed by atoms with Gasteiger partial charge in [0.25, 0.3) is 0 Å². The summed E-state index contributed by atoms with van der Waals surface area (Å²) in [4.78, 5) is 11.0. The van der Waals surface area contributed by atoms with Crippen molar-refractivity contribution in [2.24, 2.45) is 17.6 Å². The number of nitrogens with one attached hydrogen (secondary N) is 1. The molecule has 1 aliphatic rings. The lowest BCUT2D eigenvalue weighted by atomic mass is 9.79. The van der Waals surface area contributed by atoms with E-state index in [9.17, 15) is 4.79 Å². The Labute approximate surface area is 115 Å². The van der Waals surface area contributed by atoms with E-state index in [4.69, 9.17) is 5.73 Å². The Morgan fingerprint density at radius 1 is 1.21 bits per heavy atom. The quantitative estimate of drug-likeness (QED) is 0.874. The van der Waals surface area contributed by atoms with Crippen LogP contribution in [0.2, 0.25) is 0 Å². The van der Waals surface area contributed by atoms with Crippen LogP contribution in [0, 0.1) is 11.8 Å². The molecule has 3 atom stereocenters. The summed E-state index contributed by atoms with van der Waals surface area (Å²) in [5, 5.41) is 3.62. The second-order valence-corrected chi connectivity index (χ2v) is 5.91. The number of benzene rings is 1. The number of nitrogens with two attached hydrogens (primary N) is 1. The first-order valence-corrected chi connectivity index (χ1v) is 7.18. The Kier molecular flexibility index (Phi) is 4.59. The van der Waals surface area contributed by atoms with Gasteiger partial charge in [0.1, 0.15) is 0 Å². The summed E-state index contributed by atoms with van der Waals surface area (Å²) < 4.78 is 0. The van der Waals surface area contributed by atoms with Gasteiger partial charge in [0.05, 0.1) is 0 Å². The number of carbonyl (C=O) groups is 1. The summed E-state index contributed by atoms with van der Waals surface area (Å²) in [5.41, 5.74) is 7.01. The van der Waals surface area contributed by atoms with Gasteiger partial charge in [-0.25, -0.2) is 0 Å². The summed E-state index contributed by atoms with van der Waals surface area (Å²) >= 11 is 0. The third kappa shape index (κ3) is 3.80. The number of primary amides is 1. The van der Waals surface area contributed by atoms with Gasteiger partial charge in [-0.1, -0.05) is 26.0 Å². The molecule has 3 nitrogen and oxygen atoms in total. The van der Waals surface area contributed by atoms with E-state index < -0.39 is 0 Å². The molecule has 1 aromatic carbocycles. The lowest BCUT2D eigenvalue weighted by Crippen LogP contribution is -2.35. The standard InChI is InChI=1S/C16H24N2O/c1-11-3-8-15(9-12(11)2)18-10-13-4-6-14(7-5-13)16(17)19/h4-7,11-12,15,18H,3,8-10H2,1-2H3,(H2,17,19). The van der Waals surface area contributed by atoms with Crippen LogP contribution >= 0.6 is 0 Å². The number of amides is 1. The van der Waals surface area contributed by atoms with Gasteiger partial charge in [0, 0.05) is 18.2 Å². The van der Waals surface area contributed by atoms with Crippen molar-refractivity contribution in [3.8, 4) is 0 Å². The molecule has 3 N–H and O–H groups in total. The molecule has 0 spiro atoms. The zero-order chi connectivity index (χ0) is 13.8. The van der Waals surface area contributed by atoms with E-state index >= 15 is 0 Å². The van der Waals surface area contributed by atoms with Crippen LogP contribution in [0.3, 0.4) is 0 Å². The largest absolute Gasteiger partial charge is 0.366 e. The average molecular weight is 260 g/mol. The fraction of sp³-hybridized carbons (Fsp3) is 0.562. The van der Waals surface area contributed by atoms with Crippen molar-refractivity contribution >= 4 is 5.91 Å². The minimum Gasteiger partial charge on any atom is -0.366 e. The highest BCUT2D eigenvalue weighted by atomic mass is 16.1. The molecule has 0 aromatic heterocycles. The fourth-order valence-electron chi connectivity index (χ4n) is 2.78. The molecular weight excluding hydrogens is 236 g/mol. The maximum absolute atomic E-state index is 11.0. The molecule has 1 fully saturated rings. The smallest absolute Gasteiger partial charge is 0.248 e. The molecule has 0 heterocycles. The highest BCUT2D eigenvalue weighted by Gasteiger charge is 2.23. The summed E-state index contributed by atoms with van der Waals surface area (Å²) in [6.45, 7) is 5.56. The Bertz CT molecular complexity index is 427. The molecule has 0 bridgehead atoms. The van der Waals surface area contributed by atoms with Gasteiger partial charge in [-0.3, -0.25) is 4.79 Å². The van der Waals surface area contributed by atoms with E-state index in [1.807, 2.05) is 12.1 Å². The zero-order valence-electron chi connectivity index (χ0n) is 11.9. The van der Waals surface area contributed by atoms with Crippen LogP contribution in [0.1, 0.15) is 49.0 Å². The normalized spacial score (nSPS) is 27.2. The summed E-state index contributed by atoms with van der Waals surface area (Å²) in [6.07, 6.45) is 3.85. The average Bonchev–Trinajstić information content (AvgIpc) is 2.40. The SMILES string of the molecule is CC1CCC(NCc2ccc(C(N)=O)cc2)CC1C. The Morgan fingerprint density at radius 3 is 2.47 bits per heavy atom. The van der Waals surface area contributed by atoms with Crippen LogP contribution in [0.25, 0.3) is 0 Å². The molecule has 0 radical (unpaired) electrons. The predicted molar refractivity (Wildman–Crippen MR) is 77.8 cm³/mol. The first-order valence-electron chi connectivity index (χ1n) is 7.18. The monoisotopic (exact) mass is 260 g/mol. The van der Waals surface area contributed by atoms with E-state index in [-0.39, 0.29) is 5.91 Å². The second-order valence-electron chi connectivity index (χ2n) is 5.91. The maximum Gasteiger partial charge on any atom is 0.248 e. The predicted octanol–water partition coefficient (Wildman–Crippen LogP) is 2.70. The first-order chi connectivity index (χ1) is 9.06. The molecule has 1 saturated carbocycles. The van der Waals surface area contributed by atoms with Crippen molar-refractivity contribution in [3.63, 3.8) is 0 Å². The minimum atomic E-state index is -0.366. The van der Waals surface area contributed by atoms with Crippen LogP contribution in [0.5, 0.6) is 0 Å². The third-order valence-electron chi connectivity index (χ3n) is 4.43. The van der Waals surface area contributed by atoms with Crippen LogP contribution in [0.15, 0.2) is 24.3 Å². The first kappa shape index (κ1) is 14.1. The number of rotatable bonds is 4. The van der Waals surface area contributed by atoms with Gasteiger partial charge in [-0.2, -0.15) is 0 Å². The van der Waals surface area contributed by atoms with Gasteiger partial charge in [-0.15, -0.1) is 0 Å². The maximum atomic E-state index is 11.0. The number of carbonyl (C=O) groups excluding carboxylic acids is 1. The molecule has 3 unspecified atom stereocenters. The zero-order valence-corrected chi connectivity index (χ0v) is 11.9. The van der Waals surface area contributed by atoms with Crippen molar-refractivity contribution in [1.82, 2.24) is 5.32 Å². The van der Waals surface area contributed by atoms with Gasteiger partial charge < -0.3 is 11.1 Å². The summed E-state index contributed by atoms with van der Waals surface area (Å²) in [7, 11) is 0. The molecule has 3 heteroatoms. The topological polar surface area (TPSA) is 55.1 Å². The summed E-state index contributed by atoms with van der Waals surface area (Å²) in [6, 6.07) is 8.17. The van der Waals surface area contributed by atoms with Crippen molar-refractivity contribution in [3.05, 3.63) is 35.4 Å². The van der Waals surface area contributed by atoms with E-state index in [1.165, 1.54) is 24.8 Å². The molecule has 0 aliphatic heterocycles. The Balaban J connectivity index is 1.83. The van der Waals surface area contributed by atoms with E-state index in [0.29, 0.717) is 11.6 Å². The second kappa shape index (κ2) is 6.20.